The van der Waals surface area contributed by atoms with E-state index in [1.54, 1.807) is 42.5 Å². The van der Waals surface area contributed by atoms with Crippen LogP contribution >= 0.6 is 47.0 Å². The summed E-state index contributed by atoms with van der Waals surface area (Å²) >= 11 is 5.26. The van der Waals surface area contributed by atoms with Crippen LogP contribution in [0.2, 0.25) is 0 Å². The van der Waals surface area contributed by atoms with Gasteiger partial charge in [0.05, 0.1) is 73.4 Å². The van der Waals surface area contributed by atoms with E-state index in [1.165, 1.54) is 61.3 Å². The van der Waals surface area contributed by atoms with Crippen LogP contribution in [0, 0.1) is 29.7 Å². The largest absolute Gasteiger partial charge is 0.495 e. The van der Waals surface area contributed by atoms with Crippen molar-refractivity contribution >= 4 is 70.2 Å². The number of ether oxygens (including phenoxy) is 4. The monoisotopic (exact) mass is 858 g/mol. The van der Waals surface area contributed by atoms with Crippen LogP contribution in [-0.2, 0) is 9.59 Å². The van der Waals surface area contributed by atoms with Crippen molar-refractivity contribution in [1.82, 2.24) is 0 Å². The van der Waals surface area contributed by atoms with Gasteiger partial charge in [-0.25, -0.2) is 4.85 Å². The molecule has 5 rings (SSSR count). The number of methoxy groups -OCH3 is 2. The normalized spacial score (nSPS) is 13.7. The Bertz CT molecular complexity index is 1940. The fourth-order valence-electron chi connectivity index (χ4n) is 6.30. The number of nitriles is 1. The van der Waals surface area contributed by atoms with Crippen LogP contribution in [0.4, 0.5) is 11.4 Å². The highest BCUT2D eigenvalue weighted by Gasteiger charge is 2.40. The lowest BCUT2D eigenvalue weighted by Gasteiger charge is -2.22. The molecule has 0 radical (unpaired) electrons. The topological polar surface area (TPSA) is 123 Å². The lowest BCUT2D eigenvalue weighted by molar-refractivity contribution is -0.113. The first-order chi connectivity index (χ1) is 28.2. The molecule has 3 aromatic rings. The number of carbonyl (C=O) groups excluding carboxylic acids is 2. The molecule has 0 aliphatic carbocycles. The number of anilines is 2. The van der Waals surface area contributed by atoms with Gasteiger partial charge in [-0.15, -0.1) is 0 Å². The van der Waals surface area contributed by atoms with Gasteiger partial charge >= 0.3 is 0 Å². The molecule has 0 spiro atoms. The van der Waals surface area contributed by atoms with E-state index >= 15 is 0 Å². The van der Waals surface area contributed by atoms with Crippen molar-refractivity contribution in [3.05, 3.63) is 79.7 Å². The molecule has 2 heterocycles. The second kappa shape index (κ2) is 22.1. The van der Waals surface area contributed by atoms with Crippen molar-refractivity contribution in [3.63, 3.8) is 0 Å². The van der Waals surface area contributed by atoms with Crippen LogP contribution in [-0.4, -0.2) is 39.2 Å². The number of carbonyl (C=O) groups is 2. The van der Waals surface area contributed by atoms with E-state index in [0.29, 0.717) is 67.9 Å². The number of hydrogen-bond acceptors (Lipinski definition) is 11. The Morgan fingerprint density at radius 3 is 1.53 bits per heavy atom. The minimum atomic E-state index is -0.555. The molecule has 0 saturated carbocycles. The Morgan fingerprint density at radius 1 is 0.707 bits per heavy atom. The number of fused-ring (bicyclic) bond motifs is 2. The first-order valence-electron chi connectivity index (χ1n) is 19.6. The minimum Gasteiger partial charge on any atom is -0.495 e. The smallest absolute Gasteiger partial charge is 0.270 e. The third-order valence-electron chi connectivity index (χ3n) is 9.80. The van der Waals surface area contributed by atoms with Gasteiger partial charge in [-0.3, -0.25) is 9.59 Å². The Morgan fingerprint density at radius 2 is 1.14 bits per heavy atom. The summed E-state index contributed by atoms with van der Waals surface area (Å²) in [5.74, 6) is 1.67. The van der Waals surface area contributed by atoms with Crippen LogP contribution in [0.3, 0.4) is 0 Å². The molecule has 2 atom stereocenters. The molecular formula is C44H50N4O6S4. The first-order valence-corrected chi connectivity index (χ1v) is 22.9. The van der Waals surface area contributed by atoms with Crippen molar-refractivity contribution in [3.8, 4) is 29.1 Å². The van der Waals surface area contributed by atoms with Crippen molar-refractivity contribution in [2.45, 2.75) is 98.6 Å². The van der Waals surface area contributed by atoms with Crippen LogP contribution in [0.1, 0.15) is 79.1 Å². The van der Waals surface area contributed by atoms with Gasteiger partial charge in [0.15, 0.2) is 0 Å². The van der Waals surface area contributed by atoms with Crippen LogP contribution in [0.5, 0.6) is 23.0 Å². The van der Waals surface area contributed by atoms with Gasteiger partial charge in [0.25, 0.3) is 17.5 Å². The van der Waals surface area contributed by atoms with Gasteiger partial charge < -0.3 is 29.6 Å². The van der Waals surface area contributed by atoms with Crippen LogP contribution in [0.15, 0.2) is 87.9 Å². The van der Waals surface area contributed by atoms with Crippen molar-refractivity contribution < 1.29 is 28.5 Å². The van der Waals surface area contributed by atoms with Gasteiger partial charge in [-0.2, -0.15) is 5.26 Å². The molecule has 3 aromatic carbocycles. The Hall–Kier alpha value is -4.34. The van der Waals surface area contributed by atoms with E-state index in [2.05, 4.69) is 49.2 Å². The molecule has 2 amide bonds. The summed E-state index contributed by atoms with van der Waals surface area (Å²) in [5.41, 5.74) is 0.814. The summed E-state index contributed by atoms with van der Waals surface area (Å²) in [5, 5.41) is 16.2. The summed E-state index contributed by atoms with van der Waals surface area (Å²) in [6.45, 7) is 17.8. The second-order valence-electron chi connectivity index (χ2n) is 13.7. The number of nitrogens with one attached hydrogen (secondary N) is 2. The zero-order valence-electron chi connectivity index (χ0n) is 33.8. The van der Waals surface area contributed by atoms with E-state index in [1.807, 2.05) is 6.07 Å². The van der Waals surface area contributed by atoms with E-state index < -0.39 is 11.8 Å². The minimum absolute atomic E-state index is 0.0397. The molecule has 306 valence electrons. The molecule has 0 fully saturated rings. The number of hydrogen-bond donors (Lipinski definition) is 2. The maximum atomic E-state index is 13.8. The van der Waals surface area contributed by atoms with Gasteiger partial charge in [-0.05, 0) is 48.9 Å². The lowest BCUT2D eigenvalue weighted by Crippen LogP contribution is -2.14. The number of para-hydroxylation sites is 4. The zero-order chi connectivity index (χ0) is 41.6. The standard InChI is InChI=1S/C44H50N4O6S4/c1-8-12-18-27(10-3)25-53-35-37-38(56-43(55-37)29(24-45)41(49)47-30-20-14-16-22-32(30)51-6)36(54-26-28(11-4)19-13-9-2)40-39(35)57-44(58-40)34(46-5)42(50)48-31-21-15-17-23-33(31)52-7/h14-17,20-23,27-28H,8-13,18-19,25-26H2,1-4,6-7H3,(H,47,49)(H,48,50). The summed E-state index contributed by atoms with van der Waals surface area (Å²) in [6, 6.07) is 16.3. The number of benzene rings is 3. The zero-order valence-corrected chi connectivity index (χ0v) is 37.1. The molecular weight excluding hydrogens is 809 g/mol. The highest BCUT2D eigenvalue weighted by Crippen LogP contribution is 2.68. The molecule has 0 bridgehead atoms. The molecule has 58 heavy (non-hydrogen) atoms. The predicted molar refractivity (Wildman–Crippen MR) is 237 cm³/mol. The van der Waals surface area contributed by atoms with Gasteiger partial charge in [0.2, 0.25) is 0 Å². The summed E-state index contributed by atoms with van der Waals surface area (Å²) < 4.78 is 25.6. The number of amides is 2. The molecule has 0 aromatic heterocycles. The summed E-state index contributed by atoms with van der Waals surface area (Å²) in [6.07, 6.45) is 8.23. The van der Waals surface area contributed by atoms with Gasteiger partial charge in [-0.1, -0.05) is 138 Å². The van der Waals surface area contributed by atoms with E-state index in [-0.39, 0.29) is 11.3 Å². The maximum absolute atomic E-state index is 13.8. The number of unbranched alkanes of at least 4 members (excludes halogenated alkanes) is 2. The van der Waals surface area contributed by atoms with Gasteiger partial charge in [0.1, 0.15) is 34.6 Å². The number of thioether (sulfide) groups is 4. The Kier molecular flexibility index (Phi) is 17.1. The van der Waals surface area contributed by atoms with Crippen molar-refractivity contribution in [1.29, 1.82) is 5.26 Å². The number of rotatable bonds is 20. The average Bonchev–Trinajstić information content (AvgIpc) is 3.87. The fraction of sp³-hybridized carbons (Fsp3) is 0.409. The quantitative estimate of drug-likeness (QED) is 0.0641. The molecule has 2 aliphatic rings. The molecule has 2 aliphatic heterocycles. The second-order valence-corrected chi connectivity index (χ2v) is 18.3. The van der Waals surface area contributed by atoms with Gasteiger partial charge in [0, 0.05) is 0 Å². The van der Waals surface area contributed by atoms with Crippen molar-refractivity contribution in [2.24, 2.45) is 11.8 Å². The molecule has 14 heteroatoms. The highest BCUT2D eigenvalue weighted by atomic mass is 32.2. The predicted octanol–water partition coefficient (Wildman–Crippen LogP) is 12.4. The molecule has 2 N–H and O–H groups in total. The van der Waals surface area contributed by atoms with Crippen LogP contribution < -0.4 is 29.6 Å². The average molecular weight is 859 g/mol. The molecule has 0 saturated heterocycles. The maximum Gasteiger partial charge on any atom is 0.270 e. The first kappa shape index (κ1) is 44.8. The third kappa shape index (κ3) is 10.6. The third-order valence-corrected chi connectivity index (χ3v) is 15.0. The fourth-order valence-corrected chi connectivity index (χ4v) is 11.7. The Balaban J connectivity index is 1.63. The van der Waals surface area contributed by atoms with E-state index in [4.69, 9.17) is 25.5 Å². The van der Waals surface area contributed by atoms with Crippen molar-refractivity contribution in [2.75, 3.05) is 38.1 Å². The summed E-state index contributed by atoms with van der Waals surface area (Å²) in [4.78, 5) is 34.3. The van der Waals surface area contributed by atoms with E-state index in [9.17, 15) is 14.9 Å². The molecule has 10 nitrogen and oxygen atoms in total. The SMILES string of the molecule is [C-]#[N+]C(C(=O)Nc1ccccc1OC)=C1Sc2c(OCC(CC)CCCC)c3c(c(OCC(CC)CCCC)c2S1)SC(=C(C#N)C(=O)Nc1ccccc1OC)S3. The lowest BCUT2D eigenvalue weighted by atomic mass is 10.0. The molecule has 2 unspecified atom stereocenters. The highest BCUT2D eigenvalue weighted by molar-refractivity contribution is 8.26. The summed E-state index contributed by atoms with van der Waals surface area (Å²) in [7, 11) is 3.05. The number of nitrogens with zero attached hydrogens (tertiary/aromatic N) is 2. The van der Waals surface area contributed by atoms with Crippen LogP contribution in [0.25, 0.3) is 4.85 Å². The Labute approximate surface area is 359 Å². The van der Waals surface area contributed by atoms with E-state index in [0.717, 1.165) is 70.9 Å².